The number of carbonyl (C=O) groups excluding carboxylic acids is 2. The maximum absolute atomic E-state index is 12.5. The molecule has 0 spiro atoms. The number of benzene rings is 1. The van der Waals surface area contributed by atoms with Crippen LogP contribution in [0.1, 0.15) is 44.2 Å². The summed E-state index contributed by atoms with van der Waals surface area (Å²) in [4.78, 5) is 29.0. The van der Waals surface area contributed by atoms with Crippen molar-refractivity contribution in [1.82, 2.24) is 15.1 Å². The first-order valence-electron chi connectivity index (χ1n) is 9.59. The van der Waals surface area contributed by atoms with Gasteiger partial charge in [0.2, 0.25) is 11.8 Å². The van der Waals surface area contributed by atoms with E-state index in [4.69, 9.17) is 11.6 Å². The maximum atomic E-state index is 12.5. The van der Waals surface area contributed by atoms with Gasteiger partial charge >= 0.3 is 0 Å². The zero-order valence-electron chi connectivity index (χ0n) is 15.4. The van der Waals surface area contributed by atoms with E-state index in [1.54, 1.807) is 0 Å². The zero-order chi connectivity index (χ0) is 18.5. The number of piperidine rings is 1. The molecule has 0 aromatic heterocycles. The third kappa shape index (κ3) is 4.77. The monoisotopic (exact) mass is 377 g/mol. The van der Waals surface area contributed by atoms with Gasteiger partial charge in [0.1, 0.15) is 0 Å². The van der Waals surface area contributed by atoms with Gasteiger partial charge in [-0.3, -0.25) is 14.5 Å². The van der Waals surface area contributed by atoms with Gasteiger partial charge in [-0.2, -0.15) is 0 Å². The number of carbonyl (C=O) groups is 2. The molecule has 3 rings (SSSR count). The lowest BCUT2D eigenvalue weighted by Gasteiger charge is -2.33. The van der Waals surface area contributed by atoms with Crippen LogP contribution in [0.2, 0.25) is 5.02 Å². The topological polar surface area (TPSA) is 52.7 Å². The fourth-order valence-corrected chi connectivity index (χ4v) is 4.23. The van der Waals surface area contributed by atoms with Gasteiger partial charge in [0.15, 0.2) is 0 Å². The Morgan fingerprint density at radius 1 is 1.15 bits per heavy atom. The maximum Gasteiger partial charge on any atom is 0.234 e. The van der Waals surface area contributed by atoms with Crippen molar-refractivity contribution in [2.24, 2.45) is 5.92 Å². The fraction of sp³-hybridized carbons (Fsp3) is 0.600. The molecule has 6 heteroatoms. The molecule has 1 aromatic rings. The Kier molecular flexibility index (Phi) is 6.54. The Labute approximate surface area is 160 Å². The molecule has 2 aliphatic rings. The molecule has 2 saturated heterocycles. The summed E-state index contributed by atoms with van der Waals surface area (Å²) in [5.74, 6) is 0.454. The van der Waals surface area contributed by atoms with E-state index >= 15 is 0 Å². The number of halogens is 1. The van der Waals surface area contributed by atoms with Gasteiger partial charge in [0.05, 0.1) is 12.6 Å². The summed E-state index contributed by atoms with van der Waals surface area (Å²) in [6, 6.07) is 7.45. The summed E-state index contributed by atoms with van der Waals surface area (Å²) < 4.78 is 0. The molecule has 0 bridgehead atoms. The Balaban J connectivity index is 1.43. The molecule has 2 fully saturated rings. The van der Waals surface area contributed by atoms with Crippen LogP contribution in [0, 0.1) is 5.92 Å². The van der Waals surface area contributed by atoms with E-state index in [0.717, 1.165) is 57.4 Å². The van der Waals surface area contributed by atoms with E-state index in [1.807, 2.05) is 36.1 Å². The highest BCUT2D eigenvalue weighted by Crippen LogP contribution is 2.23. The highest BCUT2D eigenvalue weighted by Gasteiger charge is 2.30. The van der Waals surface area contributed by atoms with E-state index in [9.17, 15) is 9.59 Å². The van der Waals surface area contributed by atoms with Crippen LogP contribution in [-0.4, -0.2) is 54.3 Å². The summed E-state index contributed by atoms with van der Waals surface area (Å²) in [6.07, 6.45) is 3.97. The predicted molar refractivity (Wildman–Crippen MR) is 103 cm³/mol. The Morgan fingerprint density at radius 2 is 1.81 bits per heavy atom. The summed E-state index contributed by atoms with van der Waals surface area (Å²) in [5, 5.41) is 3.69. The highest BCUT2D eigenvalue weighted by atomic mass is 35.5. The van der Waals surface area contributed by atoms with Crippen molar-refractivity contribution in [1.29, 1.82) is 0 Å². The van der Waals surface area contributed by atoms with Gasteiger partial charge in [-0.25, -0.2) is 0 Å². The molecule has 1 unspecified atom stereocenters. The largest absolute Gasteiger partial charge is 0.348 e. The molecule has 2 heterocycles. The second-order valence-electron chi connectivity index (χ2n) is 7.39. The molecule has 1 aromatic carbocycles. The molecular weight excluding hydrogens is 350 g/mol. The van der Waals surface area contributed by atoms with Gasteiger partial charge < -0.3 is 10.2 Å². The normalized spacial score (nSPS) is 20.2. The lowest BCUT2D eigenvalue weighted by molar-refractivity contribution is -0.136. The van der Waals surface area contributed by atoms with Gasteiger partial charge in [-0.05, 0) is 57.3 Å². The molecule has 142 valence electrons. The number of nitrogens with zero attached hydrogens (tertiary/aromatic N) is 2. The van der Waals surface area contributed by atoms with Gasteiger partial charge in [0, 0.05) is 24.0 Å². The molecular formula is C20H28ClN3O2. The Morgan fingerprint density at radius 3 is 2.46 bits per heavy atom. The van der Waals surface area contributed by atoms with Crippen molar-refractivity contribution in [3.63, 3.8) is 0 Å². The first kappa shape index (κ1) is 19.2. The number of amides is 2. The van der Waals surface area contributed by atoms with Crippen molar-refractivity contribution >= 4 is 23.4 Å². The molecule has 1 N–H and O–H groups in total. The van der Waals surface area contributed by atoms with Crippen LogP contribution in [0.5, 0.6) is 0 Å². The first-order valence-corrected chi connectivity index (χ1v) is 9.97. The third-order valence-electron chi connectivity index (χ3n) is 5.47. The number of rotatable bonds is 5. The van der Waals surface area contributed by atoms with E-state index < -0.39 is 0 Å². The van der Waals surface area contributed by atoms with Crippen LogP contribution in [0.15, 0.2) is 24.3 Å². The molecule has 2 amide bonds. The van der Waals surface area contributed by atoms with E-state index in [-0.39, 0.29) is 17.9 Å². The average molecular weight is 378 g/mol. The number of nitrogens with one attached hydrogen (secondary N) is 1. The predicted octanol–water partition coefficient (Wildman–Crippen LogP) is 2.85. The second kappa shape index (κ2) is 8.87. The number of hydrogen-bond donors (Lipinski definition) is 1. The molecule has 0 aliphatic carbocycles. The number of likely N-dealkylation sites (tertiary alicyclic amines) is 2. The SMILES string of the molecule is CC(NC(=O)CN1CCC(C(=O)N2CCCC2)CC1)c1ccccc1Cl. The van der Waals surface area contributed by atoms with Crippen LogP contribution in [0.25, 0.3) is 0 Å². The minimum Gasteiger partial charge on any atom is -0.348 e. The third-order valence-corrected chi connectivity index (χ3v) is 5.82. The van der Waals surface area contributed by atoms with Gasteiger partial charge in [0.25, 0.3) is 0 Å². The lowest BCUT2D eigenvalue weighted by Crippen LogP contribution is -2.45. The van der Waals surface area contributed by atoms with Crippen molar-refractivity contribution in [2.45, 2.75) is 38.6 Å². The van der Waals surface area contributed by atoms with Gasteiger partial charge in [-0.15, -0.1) is 0 Å². The molecule has 5 nitrogen and oxygen atoms in total. The van der Waals surface area contributed by atoms with Gasteiger partial charge in [-0.1, -0.05) is 29.8 Å². The fourth-order valence-electron chi connectivity index (χ4n) is 3.93. The van der Waals surface area contributed by atoms with Crippen LogP contribution in [0.4, 0.5) is 0 Å². The lowest BCUT2D eigenvalue weighted by atomic mass is 9.95. The van der Waals surface area contributed by atoms with Crippen molar-refractivity contribution in [3.05, 3.63) is 34.9 Å². The van der Waals surface area contributed by atoms with E-state index in [0.29, 0.717) is 17.5 Å². The molecule has 26 heavy (non-hydrogen) atoms. The van der Waals surface area contributed by atoms with Crippen molar-refractivity contribution < 1.29 is 9.59 Å². The highest BCUT2D eigenvalue weighted by molar-refractivity contribution is 6.31. The average Bonchev–Trinajstić information content (AvgIpc) is 3.16. The Bertz CT molecular complexity index is 638. The van der Waals surface area contributed by atoms with Crippen LogP contribution in [0.3, 0.4) is 0 Å². The Hall–Kier alpha value is -1.59. The van der Waals surface area contributed by atoms with Crippen molar-refractivity contribution in [2.75, 3.05) is 32.7 Å². The molecule has 1 atom stereocenters. The second-order valence-corrected chi connectivity index (χ2v) is 7.80. The summed E-state index contributed by atoms with van der Waals surface area (Å²) in [6.45, 7) is 5.76. The van der Waals surface area contributed by atoms with E-state index in [2.05, 4.69) is 10.2 Å². The van der Waals surface area contributed by atoms with Crippen molar-refractivity contribution in [3.8, 4) is 0 Å². The summed E-state index contributed by atoms with van der Waals surface area (Å²) in [5.41, 5.74) is 0.928. The zero-order valence-corrected chi connectivity index (χ0v) is 16.2. The molecule has 2 aliphatic heterocycles. The van der Waals surface area contributed by atoms with Crippen LogP contribution < -0.4 is 5.32 Å². The molecule has 0 radical (unpaired) electrons. The first-order chi connectivity index (χ1) is 12.5. The summed E-state index contributed by atoms with van der Waals surface area (Å²) >= 11 is 6.20. The molecule has 0 saturated carbocycles. The smallest absolute Gasteiger partial charge is 0.234 e. The van der Waals surface area contributed by atoms with E-state index in [1.165, 1.54) is 0 Å². The van der Waals surface area contributed by atoms with Crippen LogP contribution >= 0.6 is 11.6 Å². The van der Waals surface area contributed by atoms with Crippen LogP contribution in [-0.2, 0) is 9.59 Å². The minimum absolute atomic E-state index is 0.00161. The number of hydrogen-bond acceptors (Lipinski definition) is 3. The standard InChI is InChI=1S/C20H28ClN3O2/c1-15(17-6-2-3-7-18(17)21)22-19(25)14-23-12-8-16(9-13-23)20(26)24-10-4-5-11-24/h2-3,6-7,15-16H,4-5,8-14H2,1H3,(H,22,25). The summed E-state index contributed by atoms with van der Waals surface area (Å²) in [7, 11) is 0. The minimum atomic E-state index is -0.120. The quantitative estimate of drug-likeness (QED) is 0.858.